The molecule has 2 rings (SSSR count). The zero-order valence-corrected chi connectivity index (χ0v) is 12.0. The molecule has 0 saturated heterocycles. The number of nitrogens with two attached hydrogens (primary N) is 1. The van der Waals surface area contributed by atoms with Crippen LogP contribution in [0.15, 0.2) is 40.9 Å². The first-order valence-electron chi connectivity index (χ1n) is 5.65. The molecule has 1 amide bonds. The molecule has 0 aliphatic rings. The van der Waals surface area contributed by atoms with Crippen LogP contribution in [0.5, 0.6) is 0 Å². The van der Waals surface area contributed by atoms with Gasteiger partial charge in [-0.25, -0.2) is 0 Å². The molecule has 0 spiro atoms. The van der Waals surface area contributed by atoms with Gasteiger partial charge >= 0.3 is 0 Å². The van der Waals surface area contributed by atoms with Gasteiger partial charge in [0.25, 0.3) is 5.91 Å². The number of halogens is 1. The van der Waals surface area contributed by atoms with E-state index in [2.05, 4.69) is 26.1 Å². The van der Waals surface area contributed by atoms with E-state index in [4.69, 9.17) is 5.73 Å². The second-order valence-electron chi connectivity index (χ2n) is 4.13. The summed E-state index contributed by atoms with van der Waals surface area (Å²) in [5.41, 5.74) is 6.77. The molecule has 2 N–H and O–H groups in total. The summed E-state index contributed by atoms with van der Waals surface area (Å²) in [5.74, 6) is 0.113. The fourth-order valence-corrected chi connectivity index (χ4v) is 1.85. The summed E-state index contributed by atoms with van der Waals surface area (Å²) in [6.07, 6.45) is 0. The van der Waals surface area contributed by atoms with Gasteiger partial charge < -0.3 is 10.6 Å². The molecule has 1 heterocycles. The van der Waals surface area contributed by atoms with Crippen molar-refractivity contribution >= 4 is 27.7 Å². The fourth-order valence-electron chi connectivity index (χ4n) is 1.59. The van der Waals surface area contributed by atoms with Crippen molar-refractivity contribution in [3.8, 4) is 0 Å². The predicted octanol–water partition coefficient (Wildman–Crippen LogP) is 2.09. The molecule has 5 nitrogen and oxygen atoms in total. The molecule has 0 unspecified atom stereocenters. The first kappa shape index (κ1) is 13.5. The molecule has 0 radical (unpaired) electrons. The van der Waals surface area contributed by atoms with E-state index in [1.165, 1.54) is 0 Å². The fraction of sp³-hybridized carbons (Fsp3) is 0.154. The van der Waals surface area contributed by atoms with E-state index in [1.807, 2.05) is 24.3 Å². The molecule has 6 heteroatoms. The number of benzene rings is 1. The monoisotopic (exact) mass is 320 g/mol. The van der Waals surface area contributed by atoms with Crippen molar-refractivity contribution in [2.75, 3.05) is 12.8 Å². The highest BCUT2D eigenvalue weighted by Gasteiger charge is 2.13. The Hall–Kier alpha value is -1.95. The summed E-state index contributed by atoms with van der Waals surface area (Å²) in [7, 11) is 1.72. The number of hydrogen-bond donors (Lipinski definition) is 1. The van der Waals surface area contributed by atoms with Crippen LogP contribution in [-0.4, -0.2) is 28.1 Å². The van der Waals surface area contributed by atoms with Gasteiger partial charge in [0.1, 0.15) is 5.82 Å². The Kier molecular flexibility index (Phi) is 4.11. The highest BCUT2D eigenvalue weighted by Crippen LogP contribution is 2.12. The molecule has 0 aliphatic heterocycles. The minimum Gasteiger partial charge on any atom is -0.382 e. The first-order valence-corrected chi connectivity index (χ1v) is 6.44. The summed E-state index contributed by atoms with van der Waals surface area (Å²) in [4.78, 5) is 13.7. The molecular weight excluding hydrogens is 308 g/mol. The lowest BCUT2D eigenvalue weighted by molar-refractivity contribution is 0.0778. The van der Waals surface area contributed by atoms with Crippen molar-refractivity contribution in [3.05, 3.63) is 52.1 Å². The number of amides is 1. The zero-order valence-electron chi connectivity index (χ0n) is 10.4. The number of nitrogens with zero attached hydrogens (tertiary/aromatic N) is 3. The average molecular weight is 321 g/mol. The van der Waals surface area contributed by atoms with E-state index in [9.17, 15) is 4.79 Å². The molecule has 2 aromatic rings. The van der Waals surface area contributed by atoms with Crippen LogP contribution >= 0.6 is 15.9 Å². The summed E-state index contributed by atoms with van der Waals surface area (Å²) in [6.45, 7) is 0.512. The summed E-state index contributed by atoms with van der Waals surface area (Å²) >= 11 is 3.37. The molecule has 0 atom stereocenters. The van der Waals surface area contributed by atoms with Gasteiger partial charge in [0, 0.05) is 18.1 Å². The zero-order chi connectivity index (χ0) is 13.8. The largest absolute Gasteiger partial charge is 0.382 e. The van der Waals surface area contributed by atoms with Crippen LogP contribution < -0.4 is 5.73 Å². The third-order valence-electron chi connectivity index (χ3n) is 2.58. The van der Waals surface area contributed by atoms with E-state index in [0.717, 1.165) is 10.0 Å². The van der Waals surface area contributed by atoms with E-state index >= 15 is 0 Å². The maximum atomic E-state index is 12.1. The summed E-state index contributed by atoms with van der Waals surface area (Å²) in [5, 5.41) is 7.46. The average Bonchev–Trinajstić information content (AvgIpc) is 2.41. The molecule has 1 aromatic heterocycles. The Morgan fingerprint density at radius 3 is 2.47 bits per heavy atom. The van der Waals surface area contributed by atoms with Crippen LogP contribution in [-0.2, 0) is 6.54 Å². The quantitative estimate of drug-likeness (QED) is 0.940. The normalized spacial score (nSPS) is 10.2. The smallest absolute Gasteiger partial charge is 0.274 e. The molecule has 1 aromatic carbocycles. The van der Waals surface area contributed by atoms with E-state index in [1.54, 1.807) is 24.1 Å². The highest BCUT2D eigenvalue weighted by atomic mass is 79.9. The van der Waals surface area contributed by atoms with Crippen LogP contribution in [0.25, 0.3) is 0 Å². The van der Waals surface area contributed by atoms with Gasteiger partial charge in [-0.15, -0.1) is 10.2 Å². The summed E-state index contributed by atoms with van der Waals surface area (Å²) in [6, 6.07) is 10.9. The minimum atomic E-state index is -0.185. The van der Waals surface area contributed by atoms with Crippen molar-refractivity contribution in [3.63, 3.8) is 0 Å². The van der Waals surface area contributed by atoms with Gasteiger partial charge in [-0.1, -0.05) is 28.1 Å². The molecule has 0 fully saturated rings. The third kappa shape index (κ3) is 3.51. The third-order valence-corrected chi connectivity index (χ3v) is 3.11. The van der Waals surface area contributed by atoms with Crippen LogP contribution in [0, 0.1) is 0 Å². The Morgan fingerprint density at radius 2 is 1.89 bits per heavy atom. The predicted molar refractivity (Wildman–Crippen MR) is 76.4 cm³/mol. The SMILES string of the molecule is CN(Cc1ccc(Br)cc1)C(=O)c1ccc(N)nn1. The Morgan fingerprint density at radius 1 is 1.21 bits per heavy atom. The van der Waals surface area contributed by atoms with Gasteiger partial charge in [0.15, 0.2) is 5.69 Å². The van der Waals surface area contributed by atoms with Gasteiger partial charge in [0.05, 0.1) is 0 Å². The lowest BCUT2D eigenvalue weighted by Crippen LogP contribution is -2.27. The molecule has 0 bridgehead atoms. The van der Waals surface area contributed by atoms with Gasteiger partial charge in [0.2, 0.25) is 0 Å². The van der Waals surface area contributed by atoms with Gasteiger partial charge in [-0.05, 0) is 29.8 Å². The second-order valence-corrected chi connectivity index (χ2v) is 5.05. The Bertz CT molecular complexity index is 568. The van der Waals surface area contributed by atoms with Crippen LogP contribution in [0.2, 0.25) is 0 Å². The Labute approximate surface area is 119 Å². The van der Waals surface area contributed by atoms with E-state index in [-0.39, 0.29) is 11.6 Å². The van der Waals surface area contributed by atoms with Crippen LogP contribution in [0.3, 0.4) is 0 Å². The Balaban J connectivity index is 2.07. The molecular formula is C13H13BrN4O. The van der Waals surface area contributed by atoms with E-state index in [0.29, 0.717) is 12.4 Å². The maximum Gasteiger partial charge on any atom is 0.274 e. The van der Waals surface area contributed by atoms with Crippen molar-refractivity contribution in [2.24, 2.45) is 0 Å². The van der Waals surface area contributed by atoms with Crippen molar-refractivity contribution in [1.29, 1.82) is 0 Å². The van der Waals surface area contributed by atoms with Crippen molar-refractivity contribution < 1.29 is 4.79 Å². The van der Waals surface area contributed by atoms with Crippen LogP contribution in [0.4, 0.5) is 5.82 Å². The molecule has 19 heavy (non-hydrogen) atoms. The number of anilines is 1. The molecule has 98 valence electrons. The van der Waals surface area contributed by atoms with Gasteiger partial charge in [-0.2, -0.15) is 0 Å². The molecule has 0 aliphatic carbocycles. The number of aromatic nitrogens is 2. The number of nitrogen functional groups attached to an aromatic ring is 1. The molecule has 0 saturated carbocycles. The number of rotatable bonds is 3. The van der Waals surface area contributed by atoms with E-state index < -0.39 is 0 Å². The van der Waals surface area contributed by atoms with Crippen molar-refractivity contribution in [1.82, 2.24) is 15.1 Å². The first-order chi connectivity index (χ1) is 9.06. The topological polar surface area (TPSA) is 72.1 Å². The minimum absolute atomic E-state index is 0.185. The second kappa shape index (κ2) is 5.79. The maximum absolute atomic E-state index is 12.1. The highest BCUT2D eigenvalue weighted by molar-refractivity contribution is 9.10. The number of carbonyl (C=O) groups is 1. The lowest BCUT2D eigenvalue weighted by Gasteiger charge is -2.16. The van der Waals surface area contributed by atoms with Crippen LogP contribution in [0.1, 0.15) is 16.1 Å². The number of hydrogen-bond acceptors (Lipinski definition) is 4. The number of carbonyl (C=O) groups excluding carboxylic acids is 1. The standard InChI is InChI=1S/C13H13BrN4O/c1-18(8-9-2-4-10(14)5-3-9)13(19)11-6-7-12(15)17-16-11/h2-7H,8H2,1H3,(H2,15,17). The lowest BCUT2D eigenvalue weighted by atomic mass is 10.2. The summed E-state index contributed by atoms with van der Waals surface area (Å²) < 4.78 is 1.01. The van der Waals surface area contributed by atoms with Gasteiger partial charge in [-0.3, -0.25) is 4.79 Å². The van der Waals surface area contributed by atoms with Crippen molar-refractivity contribution in [2.45, 2.75) is 6.54 Å².